The molecule has 21 heavy (non-hydrogen) atoms. The molecule has 0 aromatic heterocycles. The fourth-order valence-corrected chi connectivity index (χ4v) is 3.71. The maximum atomic E-state index is 3.87. The molecule has 2 aliphatic rings. The minimum atomic E-state index is 0.495. The largest absolute Gasteiger partial charge is 0.304 e. The first-order valence-electron chi connectivity index (χ1n) is 8.57. The van der Waals surface area contributed by atoms with Crippen molar-refractivity contribution >= 4 is 0 Å². The normalized spacial score (nSPS) is 24.0. The summed E-state index contributed by atoms with van der Waals surface area (Å²) in [5, 5.41) is 2.45. The van der Waals surface area contributed by atoms with Gasteiger partial charge < -0.3 is 4.90 Å². The Morgan fingerprint density at radius 2 is 1.62 bits per heavy atom. The smallest absolute Gasteiger partial charge is 0.0492 e. The van der Waals surface area contributed by atoms with Crippen molar-refractivity contribution < 1.29 is 0 Å². The Kier molecular flexibility index (Phi) is 5.28. The van der Waals surface area contributed by atoms with Crippen molar-refractivity contribution in [2.24, 2.45) is 5.92 Å². The van der Waals surface area contributed by atoms with Crippen LogP contribution >= 0.6 is 0 Å². The van der Waals surface area contributed by atoms with Gasteiger partial charge in [-0.25, -0.2) is 10.4 Å². The van der Waals surface area contributed by atoms with Crippen LogP contribution in [0.15, 0.2) is 30.3 Å². The summed E-state index contributed by atoms with van der Waals surface area (Å²) in [6, 6.07) is 11.6. The molecule has 1 unspecified atom stereocenters. The Balaban J connectivity index is 1.69. The second kappa shape index (κ2) is 7.39. The van der Waals surface area contributed by atoms with Crippen LogP contribution in [0.4, 0.5) is 0 Å². The number of hydrazine groups is 1. The zero-order valence-electron chi connectivity index (χ0n) is 13.3. The van der Waals surface area contributed by atoms with E-state index in [4.69, 9.17) is 0 Å². The Bertz CT molecular complexity index is 406. The van der Waals surface area contributed by atoms with E-state index in [2.05, 4.69) is 52.7 Å². The minimum Gasteiger partial charge on any atom is -0.304 e. The molecule has 3 heteroatoms. The SMILES string of the molecule is CN1CCN(NC(c2ccccc2)C2CCCCC2)CC1. The van der Waals surface area contributed by atoms with E-state index in [-0.39, 0.29) is 0 Å². The maximum absolute atomic E-state index is 3.87. The van der Waals surface area contributed by atoms with Gasteiger partial charge in [-0.3, -0.25) is 0 Å². The molecule has 0 radical (unpaired) electrons. The molecule has 2 fully saturated rings. The average molecular weight is 287 g/mol. The Hall–Kier alpha value is -0.900. The predicted molar refractivity (Wildman–Crippen MR) is 88.0 cm³/mol. The van der Waals surface area contributed by atoms with Gasteiger partial charge in [0.1, 0.15) is 0 Å². The lowest BCUT2D eigenvalue weighted by Gasteiger charge is -2.39. The Morgan fingerprint density at radius 3 is 2.29 bits per heavy atom. The van der Waals surface area contributed by atoms with Crippen molar-refractivity contribution in [3.05, 3.63) is 35.9 Å². The third-order valence-corrected chi connectivity index (χ3v) is 5.10. The van der Waals surface area contributed by atoms with Gasteiger partial charge in [0, 0.05) is 32.2 Å². The zero-order chi connectivity index (χ0) is 14.5. The van der Waals surface area contributed by atoms with Crippen LogP contribution in [0.2, 0.25) is 0 Å². The summed E-state index contributed by atoms with van der Waals surface area (Å²) in [5.74, 6) is 0.792. The summed E-state index contributed by atoms with van der Waals surface area (Å²) in [6.07, 6.45) is 6.98. The molecule has 3 nitrogen and oxygen atoms in total. The summed E-state index contributed by atoms with van der Waals surface area (Å²) in [4.78, 5) is 2.41. The fourth-order valence-electron chi connectivity index (χ4n) is 3.71. The van der Waals surface area contributed by atoms with Gasteiger partial charge in [-0.1, -0.05) is 49.6 Å². The van der Waals surface area contributed by atoms with Gasteiger partial charge in [-0.2, -0.15) is 0 Å². The Morgan fingerprint density at radius 1 is 0.952 bits per heavy atom. The van der Waals surface area contributed by atoms with Crippen LogP contribution in [-0.2, 0) is 0 Å². The van der Waals surface area contributed by atoms with Crippen molar-refractivity contribution in [2.75, 3.05) is 33.2 Å². The Labute approximate surface area is 129 Å². The van der Waals surface area contributed by atoms with Crippen molar-refractivity contribution in [3.8, 4) is 0 Å². The summed E-state index contributed by atoms with van der Waals surface area (Å²) < 4.78 is 0. The van der Waals surface area contributed by atoms with E-state index < -0.39 is 0 Å². The highest BCUT2D eigenvalue weighted by atomic mass is 15.5. The second-order valence-corrected chi connectivity index (χ2v) is 6.71. The second-order valence-electron chi connectivity index (χ2n) is 6.71. The molecule has 1 N–H and O–H groups in total. The van der Waals surface area contributed by atoms with Crippen LogP contribution in [0.1, 0.15) is 43.7 Å². The number of nitrogens with zero attached hydrogens (tertiary/aromatic N) is 2. The molecule has 1 aromatic carbocycles. The molecule has 1 saturated carbocycles. The summed E-state index contributed by atoms with van der Waals surface area (Å²) in [7, 11) is 2.22. The molecule has 0 spiro atoms. The molecule has 1 saturated heterocycles. The van der Waals surface area contributed by atoms with Crippen molar-refractivity contribution in [2.45, 2.75) is 38.1 Å². The molecule has 0 bridgehead atoms. The van der Waals surface area contributed by atoms with E-state index >= 15 is 0 Å². The number of benzene rings is 1. The molecule has 0 amide bonds. The van der Waals surface area contributed by atoms with Crippen LogP contribution in [0.5, 0.6) is 0 Å². The van der Waals surface area contributed by atoms with Crippen molar-refractivity contribution in [1.29, 1.82) is 0 Å². The molecule has 3 rings (SSSR count). The van der Waals surface area contributed by atoms with E-state index in [0.717, 1.165) is 19.0 Å². The molecule has 1 aromatic rings. The number of nitrogens with one attached hydrogen (secondary N) is 1. The van der Waals surface area contributed by atoms with Crippen LogP contribution in [0, 0.1) is 5.92 Å². The summed E-state index contributed by atoms with van der Waals surface area (Å²) in [5.41, 5.74) is 5.33. The van der Waals surface area contributed by atoms with Gasteiger partial charge in [0.05, 0.1) is 0 Å². The first-order valence-corrected chi connectivity index (χ1v) is 8.57. The van der Waals surface area contributed by atoms with Gasteiger partial charge in [0.2, 0.25) is 0 Å². The van der Waals surface area contributed by atoms with E-state index in [9.17, 15) is 0 Å². The quantitative estimate of drug-likeness (QED) is 0.918. The summed E-state index contributed by atoms with van der Waals surface area (Å²) >= 11 is 0. The van der Waals surface area contributed by atoms with E-state index in [1.165, 1.54) is 50.8 Å². The van der Waals surface area contributed by atoms with Crippen molar-refractivity contribution in [1.82, 2.24) is 15.3 Å². The minimum absolute atomic E-state index is 0.495. The highest BCUT2D eigenvalue weighted by molar-refractivity contribution is 5.19. The van der Waals surface area contributed by atoms with Crippen molar-refractivity contribution in [3.63, 3.8) is 0 Å². The van der Waals surface area contributed by atoms with Gasteiger partial charge >= 0.3 is 0 Å². The molecule has 1 aliphatic carbocycles. The first kappa shape index (κ1) is 15.0. The number of hydrogen-bond donors (Lipinski definition) is 1. The third-order valence-electron chi connectivity index (χ3n) is 5.10. The molecule has 1 aliphatic heterocycles. The molecule has 1 atom stereocenters. The fraction of sp³-hybridized carbons (Fsp3) is 0.667. The highest BCUT2D eigenvalue weighted by Gasteiger charge is 2.27. The van der Waals surface area contributed by atoms with E-state index in [1.54, 1.807) is 0 Å². The monoisotopic (exact) mass is 287 g/mol. The third kappa shape index (κ3) is 4.06. The van der Waals surface area contributed by atoms with Gasteiger partial charge in [-0.05, 0) is 31.4 Å². The number of hydrogen-bond acceptors (Lipinski definition) is 3. The maximum Gasteiger partial charge on any atom is 0.0492 e. The van der Waals surface area contributed by atoms with Crippen LogP contribution in [-0.4, -0.2) is 43.1 Å². The lowest BCUT2D eigenvalue weighted by molar-refractivity contribution is 0.0663. The standard InChI is InChI=1S/C18H29N3/c1-20-12-14-21(15-13-20)19-18(16-8-4-2-5-9-16)17-10-6-3-7-11-17/h2,4-5,8-9,17-19H,3,6-7,10-15H2,1H3. The van der Waals surface area contributed by atoms with E-state index in [0.29, 0.717) is 6.04 Å². The predicted octanol–water partition coefficient (Wildman–Crippen LogP) is 3.06. The number of piperazine rings is 1. The lowest BCUT2D eigenvalue weighted by atomic mass is 9.81. The van der Waals surface area contributed by atoms with Gasteiger partial charge in [-0.15, -0.1) is 0 Å². The number of rotatable bonds is 4. The summed E-state index contributed by atoms with van der Waals surface area (Å²) in [6.45, 7) is 4.59. The van der Waals surface area contributed by atoms with E-state index in [1.807, 2.05) is 0 Å². The van der Waals surface area contributed by atoms with Crippen LogP contribution in [0.25, 0.3) is 0 Å². The first-order chi connectivity index (χ1) is 10.3. The van der Waals surface area contributed by atoms with Crippen LogP contribution < -0.4 is 5.43 Å². The number of likely N-dealkylation sites (N-methyl/N-ethyl adjacent to an activating group) is 1. The topological polar surface area (TPSA) is 18.5 Å². The van der Waals surface area contributed by atoms with Gasteiger partial charge in [0.15, 0.2) is 0 Å². The lowest BCUT2D eigenvalue weighted by Crippen LogP contribution is -2.52. The molecule has 116 valence electrons. The molecular formula is C18H29N3. The molecular weight excluding hydrogens is 258 g/mol. The highest BCUT2D eigenvalue weighted by Crippen LogP contribution is 2.34. The molecule has 1 heterocycles. The average Bonchev–Trinajstić information content (AvgIpc) is 2.56. The van der Waals surface area contributed by atoms with Gasteiger partial charge in [0.25, 0.3) is 0 Å². The zero-order valence-corrected chi connectivity index (χ0v) is 13.3. The van der Waals surface area contributed by atoms with Crippen LogP contribution in [0.3, 0.4) is 0 Å².